The summed E-state index contributed by atoms with van der Waals surface area (Å²) in [6.07, 6.45) is 11.1. The molecule has 0 saturated heterocycles. The lowest BCUT2D eigenvalue weighted by atomic mass is 10.1. The van der Waals surface area contributed by atoms with E-state index in [-0.39, 0.29) is 17.9 Å². The first-order valence-corrected chi connectivity index (χ1v) is 6.72. The molecule has 17 heavy (non-hydrogen) atoms. The molecule has 0 bridgehead atoms. The van der Waals surface area contributed by atoms with Crippen LogP contribution in [0.25, 0.3) is 0 Å². The second-order valence-corrected chi connectivity index (χ2v) is 4.79. The van der Waals surface area contributed by atoms with Crippen LogP contribution >= 0.6 is 0 Å². The molecule has 96 valence electrons. The van der Waals surface area contributed by atoms with Gasteiger partial charge in [0.1, 0.15) is 0 Å². The van der Waals surface area contributed by atoms with Crippen molar-refractivity contribution in [2.24, 2.45) is 0 Å². The summed E-state index contributed by atoms with van der Waals surface area (Å²) in [7, 11) is 0. The standard InChI is InChI=1S/C14H23NO2/c1-3-4-5-6-7-8-9-12(2)15-13(16)10-11-14(15)17/h10-12H,3-9H2,1-2H3/t12-/m0/s1. The summed E-state index contributed by atoms with van der Waals surface area (Å²) in [5.74, 6) is -0.318. The van der Waals surface area contributed by atoms with Gasteiger partial charge in [0.15, 0.2) is 0 Å². The maximum absolute atomic E-state index is 11.4. The van der Waals surface area contributed by atoms with Gasteiger partial charge in [-0.2, -0.15) is 0 Å². The fourth-order valence-corrected chi connectivity index (χ4v) is 2.20. The van der Waals surface area contributed by atoms with E-state index in [4.69, 9.17) is 0 Å². The van der Waals surface area contributed by atoms with Crippen LogP contribution in [-0.4, -0.2) is 22.8 Å². The number of unbranched alkanes of at least 4 members (excludes halogenated alkanes) is 5. The number of amides is 2. The molecule has 1 aliphatic heterocycles. The van der Waals surface area contributed by atoms with Gasteiger partial charge in [-0.25, -0.2) is 0 Å². The highest BCUT2D eigenvalue weighted by Gasteiger charge is 2.27. The highest BCUT2D eigenvalue weighted by molar-refractivity contribution is 6.13. The van der Waals surface area contributed by atoms with Crippen molar-refractivity contribution in [3.63, 3.8) is 0 Å². The summed E-state index contributed by atoms with van der Waals surface area (Å²) in [6.45, 7) is 4.16. The first-order chi connectivity index (χ1) is 8.16. The number of rotatable bonds is 8. The van der Waals surface area contributed by atoms with Gasteiger partial charge < -0.3 is 0 Å². The molecule has 3 nitrogen and oxygen atoms in total. The maximum Gasteiger partial charge on any atom is 0.253 e. The Morgan fingerprint density at radius 1 is 1.00 bits per heavy atom. The molecule has 3 heteroatoms. The minimum Gasteiger partial charge on any atom is -0.273 e. The summed E-state index contributed by atoms with van der Waals surface area (Å²) >= 11 is 0. The summed E-state index contributed by atoms with van der Waals surface area (Å²) in [4.78, 5) is 24.2. The van der Waals surface area contributed by atoms with E-state index in [1.807, 2.05) is 6.92 Å². The van der Waals surface area contributed by atoms with E-state index in [9.17, 15) is 9.59 Å². The third-order valence-electron chi connectivity index (χ3n) is 3.26. The molecule has 0 radical (unpaired) electrons. The lowest BCUT2D eigenvalue weighted by Crippen LogP contribution is -2.38. The molecule has 2 amide bonds. The van der Waals surface area contributed by atoms with E-state index in [0.29, 0.717) is 0 Å². The Morgan fingerprint density at radius 2 is 1.53 bits per heavy atom. The second-order valence-electron chi connectivity index (χ2n) is 4.79. The molecule has 0 aliphatic carbocycles. The molecule has 0 aromatic carbocycles. The molecule has 1 heterocycles. The molecule has 0 aromatic rings. The smallest absolute Gasteiger partial charge is 0.253 e. The molecule has 0 fully saturated rings. The predicted molar refractivity (Wildman–Crippen MR) is 68.4 cm³/mol. The monoisotopic (exact) mass is 237 g/mol. The van der Waals surface area contributed by atoms with Crippen molar-refractivity contribution >= 4 is 11.8 Å². The zero-order chi connectivity index (χ0) is 12.7. The van der Waals surface area contributed by atoms with Crippen molar-refractivity contribution in [2.75, 3.05) is 0 Å². The fraction of sp³-hybridized carbons (Fsp3) is 0.714. The summed E-state index contributed by atoms with van der Waals surface area (Å²) in [6, 6.07) is 0.0381. The average Bonchev–Trinajstić information content (AvgIpc) is 2.63. The highest BCUT2D eigenvalue weighted by Crippen LogP contribution is 2.15. The third-order valence-corrected chi connectivity index (χ3v) is 3.26. The topological polar surface area (TPSA) is 37.4 Å². The Balaban J connectivity index is 2.15. The molecule has 0 aromatic heterocycles. The molecule has 0 spiro atoms. The van der Waals surface area contributed by atoms with Crippen LogP contribution in [-0.2, 0) is 9.59 Å². The van der Waals surface area contributed by atoms with Crippen molar-refractivity contribution in [1.82, 2.24) is 4.90 Å². The lowest BCUT2D eigenvalue weighted by Gasteiger charge is -2.22. The fourth-order valence-electron chi connectivity index (χ4n) is 2.20. The Labute approximate surface area is 104 Å². The average molecular weight is 237 g/mol. The predicted octanol–water partition coefficient (Wildman–Crippen LogP) is 3.05. The quantitative estimate of drug-likeness (QED) is 0.480. The van der Waals surface area contributed by atoms with Crippen LogP contribution in [0, 0.1) is 0 Å². The Morgan fingerprint density at radius 3 is 2.12 bits per heavy atom. The lowest BCUT2D eigenvalue weighted by molar-refractivity contribution is -0.139. The van der Waals surface area contributed by atoms with Crippen molar-refractivity contribution in [3.05, 3.63) is 12.2 Å². The van der Waals surface area contributed by atoms with Crippen LogP contribution in [0.5, 0.6) is 0 Å². The highest BCUT2D eigenvalue weighted by atomic mass is 16.2. The second kappa shape index (κ2) is 7.25. The van der Waals surface area contributed by atoms with Gasteiger partial charge in [-0.1, -0.05) is 45.4 Å². The third kappa shape index (κ3) is 4.33. The molecular formula is C14H23NO2. The van der Waals surface area contributed by atoms with E-state index in [0.717, 1.165) is 12.8 Å². The normalized spacial score (nSPS) is 16.9. The van der Waals surface area contributed by atoms with E-state index in [1.54, 1.807) is 0 Å². The number of hydrogen-bond donors (Lipinski definition) is 0. The van der Waals surface area contributed by atoms with Crippen molar-refractivity contribution in [1.29, 1.82) is 0 Å². The van der Waals surface area contributed by atoms with Crippen LogP contribution in [0.1, 0.15) is 58.8 Å². The van der Waals surface area contributed by atoms with Crippen LogP contribution in [0.3, 0.4) is 0 Å². The van der Waals surface area contributed by atoms with E-state index >= 15 is 0 Å². The largest absolute Gasteiger partial charge is 0.273 e. The van der Waals surface area contributed by atoms with Gasteiger partial charge in [-0.3, -0.25) is 14.5 Å². The van der Waals surface area contributed by atoms with Crippen LogP contribution < -0.4 is 0 Å². The molecule has 0 unspecified atom stereocenters. The SMILES string of the molecule is CCCCCCCC[C@H](C)N1C(=O)C=CC1=O. The first kappa shape index (κ1) is 13.9. The number of hydrogen-bond acceptors (Lipinski definition) is 2. The van der Waals surface area contributed by atoms with E-state index in [2.05, 4.69) is 6.92 Å². The summed E-state index contributed by atoms with van der Waals surface area (Å²) < 4.78 is 0. The molecular weight excluding hydrogens is 214 g/mol. The van der Waals surface area contributed by atoms with Gasteiger partial charge in [0.25, 0.3) is 11.8 Å². The first-order valence-electron chi connectivity index (χ1n) is 6.72. The number of imide groups is 1. The van der Waals surface area contributed by atoms with Gasteiger partial charge in [0.05, 0.1) is 0 Å². The minimum absolute atomic E-state index is 0.0381. The van der Waals surface area contributed by atoms with Crippen molar-refractivity contribution in [2.45, 2.75) is 64.8 Å². The zero-order valence-electron chi connectivity index (χ0n) is 10.9. The number of carbonyl (C=O) groups excluding carboxylic acids is 2. The summed E-state index contributed by atoms with van der Waals surface area (Å²) in [5.41, 5.74) is 0. The van der Waals surface area contributed by atoms with E-state index in [1.165, 1.54) is 49.2 Å². The van der Waals surface area contributed by atoms with E-state index < -0.39 is 0 Å². The zero-order valence-corrected chi connectivity index (χ0v) is 10.9. The Kier molecular flexibility index (Phi) is 5.95. The van der Waals surface area contributed by atoms with Gasteiger partial charge >= 0.3 is 0 Å². The van der Waals surface area contributed by atoms with Crippen LogP contribution in [0.4, 0.5) is 0 Å². The van der Waals surface area contributed by atoms with Gasteiger partial charge in [-0.05, 0) is 13.3 Å². The van der Waals surface area contributed by atoms with Crippen molar-refractivity contribution < 1.29 is 9.59 Å². The Hall–Kier alpha value is -1.12. The summed E-state index contributed by atoms with van der Waals surface area (Å²) in [5, 5.41) is 0. The Bertz CT molecular complexity index is 279. The number of nitrogens with zero attached hydrogens (tertiary/aromatic N) is 1. The van der Waals surface area contributed by atoms with Crippen molar-refractivity contribution in [3.8, 4) is 0 Å². The van der Waals surface area contributed by atoms with Gasteiger partial charge in [0, 0.05) is 18.2 Å². The molecule has 0 saturated carbocycles. The molecule has 0 N–H and O–H groups in total. The number of carbonyl (C=O) groups is 2. The minimum atomic E-state index is -0.159. The van der Waals surface area contributed by atoms with Gasteiger partial charge in [0.2, 0.25) is 0 Å². The molecule has 1 aliphatic rings. The molecule has 1 rings (SSSR count). The van der Waals surface area contributed by atoms with Gasteiger partial charge in [-0.15, -0.1) is 0 Å². The maximum atomic E-state index is 11.4. The molecule has 1 atom stereocenters. The van der Waals surface area contributed by atoms with Crippen LogP contribution in [0.15, 0.2) is 12.2 Å². The van der Waals surface area contributed by atoms with Crippen LogP contribution in [0.2, 0.25) is 0 Å².